The van der Waals surface area contributed by atoms with Gasteiger partial charge < -0.3 is 15.4 Å². The molecule has 0 bridgehead atoms. The highest BCUT2D eigenvalue weighted by molar-refractivity contribution is 5.21. The molecule has 1 heterocycles. The minimum absolute atomic E-state index is 0.0987. The van der Waals surface area contributed by atoms with E-state index < -0.39 is 4.92 Å². The lowest BCUT2D eigenvalue weighted by molar-refractivity contribution is -0.389. The third-order valence-corrected chi connectivity index (χ3v) is 2.39. The van der Waals surface area contributed by atoms with Crippen molar-refractivity contribution in [3.8, 4) is 0 Å². The van der Waals surface area contributed by atoms with E-state index in [1.54, 1.807) is 7.05 Å². The van der Waals surface area contributed by atoms with E-state index in [2.05, 4.69) is 24.3 Å². The lowest BCUT2D eigenvalue weighted by atomic mass is 10.2. The van der Waals surface area contributed by atoms with Gasteiger partial charge in [-0.25, -0.2) is 0 Å². The summed E-state index contributed by atoms with van der Waals surface area (Å²) >= 11 is 0. The largest absolute Gasteiger partial charge is 0.390 e. The van der Waals surface area contributed by atoms with Gasteiger partial charge in [-0.05, 0) is 18.3 Å². The molecule has 84 valence electrons. The predicted octanol–water partition coefficient (Wildman–Crippen LogP) is 1.22. The van der Waals surface area contributed by atoms with Gasteiger partial charge in [0.1, 0.15) is 0 Å². The number of aromatic nitrogens is 2. The van der Waals surface area contributed by atoms with Crippen molar-refractivity contribution in [3.05, 3.63) is 21.9 Å². The van der Waals surface area contributed by atoms with Crippen LogP contribution in [0.2, 0.25) is 0 Å². The van der Waals surface area contributed by atoms with E-state index >= 15 is 0 Å². The molecular formula is C9H16N4O2. The van der Waals surface area contributed by atoms with Crippen LogP contribution in [-0.2, 0) is 13.6 Å². The van der Waals surface area contributed by atoms with Crippen molar-refractivity contribution in [1.82, 2.24) is 15.1 Å². The fourth-order valence-electron chi connectivity index (χ4n) is 1.17. The number of nitrogens with one attached hydrogen (secondary N) is 1. The average molecular weight is 212 g/mol. The zero-order valence-electron chi connectivity index (χ0n) is 9.23. The van der Waals surface area contributed by atoms with Gasteiger partial charge in [-0.1, -0.05) is 6.92 Å². The number of rotatable bonds is 5. The molecule has 0 amide bonds. The monoisotopic (exact) mass is 212 g/mol. The van der Waals surface area contributed by atoms with Crippen molar-refractivity contribution >= 4 is 5.82 Å². The van der Waals surface area contributed by atoms with Crippen molar-refractivity contribution in [1.29, 1.82) is 0 Å². The van der Waals surface area contributed by atoms with Crippen molar-refractivity contribution in [2.45, 2.75) is 32.9 Å². The summed E-state index contributed by atoms with van der Waals surface area (Å²) in [6.07, 6.45) is 1.03. The van der Waals surface area contributed by atoms with E-state index in [0.717, 1.165) is 12.1 Å². The molecule has 1 aromatic heterocycles. The third-order valence-electron chi connectivity index (χ3n) is 2.39. The Bertz CT molecular complexity index is 348. The van der Waals surface area contributed by atoms with Crippen LogP contribution in [0.5, 0.6) is 0 Å². The zero-order valence-corrected chi connectivity index (χ0v) is 9.23. The van der Waals surface area contributed by atoms with Crippen LogP contribution in [-0.4, -0.2) is 20.7 Å². The minimum atomic E-state index is -0.479. The first-order valence-corrected chi connectivity index (χ1v) is 4.95. The van der Waals surface area contributed by atoms with Crippen molar-refractivity contribution < 1.29 is 4.92 Å². The van der Waals surface area contributed by atoms with Crippen LogP contribution in [0.3, 0.4) is 0 Å². The first-order chi connectivity index (χ1) is 7.04. The summed E-state index contributed by atoms with van der Waals surface area (Å²) in [6, 6.07) is 1.90. The van der Waals surface area contributed by atoms with Gasteiger partial charge in [0.25, 0.3) is 0 Å². The maximum absolute atomic E-state index is 10.5. The summed E-state index contributed by atoms with van der Waals surface area (Å²) in [5.74, 6) is -0.0987. The number of nitrogens with zero attached hydrogens (tertiary/aromatic N) is 3. The summed E-state index contributed by atoms with van der Waals surface area (Å²) in [7, 11) is 1.71. The number of aryl methyl sites for hydroxylation is 1. The molecule has 1 rings (SSSR count). The van der Waals surface area contributed by atoms with Crippen LogP contribution in [0.4, 0.5) is 5.82 Å². The predicted molar refractivity (Wildman–Crippen MR) is 56.5 cm³/mol. The molecule has 6 nitrogen and oxygen atoms in total. The Morgan fingerprint density at radius 1 is 1.73 bits per heavy atom. The molecule has 0 aliphatic heterocycles. The summed E-state index contributed by atoms with van der Waals surface area (Å²) in [5, 5.41) is 17.5. The highest BCUT2D eigenvalue weighted by atomic mass is 16.6. The quantitative estimate of drug-likeness (QED) is 0.588. The molecule has 1 aromatic rings. The Balaban J connectivity index is 2.65. The first kappa shape index (κ1) is 11.6. The molecule has 0 unspecified atom stereocenters. The van der Waals surface area contributed by atoms with E-state index in [9.17, 15) is 10.1 Å². The Morgan fingerprint density at radius 3 is 2.87 bits per heavy atom. The van der Waals surface area contributed by atoms with Gasteiger partial charge in [-0.3, -0.25) is 0 Å². The lowest BCUT2D eigenvalue weighted by Crippen LogP contribution is -2.25. The van der Waals surface area contributed by atoms with E-state index in [1.165, 1.54) is 10.7 Å². The molecular weight excluding hydrogens is 196 g/mol. The maximum atomic E-state index is 10.5. The van der Waals surface area contributed by atoms with Crippen molar-refractivity contribution in [3.63, 3.8) is 0 Å². The van der Waals surface area contributed by atoms with Gasteiger partial charge >= 0.3 is 5.82 Å². The van der Waals surface area contributed by atoms with Crippen LogP contribution in [0.1, 0.15) is 26.0 Å². The van der Waals surface area contributed by atoms with E-state index in [-0.39, 0.29) is 5.82 Å². The maximum Gasteiger partial charge on any atom is 0.390 e. The summed E-state index contributed by atoms with van der Waals surface area (Å²) in [4.78, 5) is 9.99. The molecule has 0 radical (unpaired) electrons. The number of hydrogen-bond acceptors (Lipinski definition) is 4. The molecule has 0 saturated carbocycles. The SMILES string of the molecule is CC[C@@H](C)NCc1cc([N+](=O)[O-])nn1C. The topological polar surface area (TPSA) is 73.0 Å². The molecule has 15 heavy (non-hydrogen) atoms. The smallest absolute Gasteiger partial charge is 0.358 e. The fourth-order valence-corrected chi connectivity index (χ4v) is 1.17. The number of nitro groups is 1. The van der Waals surface area contributed by atoms with E-state index in [0.29, 0.717) is 12.6 Å². The van der Waals surface area contributed by atoms with Crippen molar-refractivity contribution in [2.75, 3.05) is 0 Å². The second kappa shape index (κ2) is 4.88. The average Bonchev–Trinajstić information content (AvgIpc) is 2.56. The van der Waals surface area contributed by atoms with E-state index in [4.69, 9.17) is 0 Å². The molecule has 0 aromatic carbocycles. The van der Waals surface area contributed by atoms with Gasteiger partial charge in [0.15, 0.2) is 0 Å². The van der Waals surface area contributed by atoms with Gasteiger partial charge in [0.05, 0.1) is 23.9 Å². The molecule has 0 aliphatic rings. The standard InChI is InChI=1S/C9H16N4O2/c1-4-7(2)10-6-8-5-9(13(14)15)11-12(8)3/h5,7,10H,4,6H2,1-3H3/t7-/m1/s1. The Hall–Kier alpha value is -1.43. The van der Waals surface area contributed by atoms with Crippen LogP contribution < -0.4 is 5.32 Å². The second-order valence-corrected chi connectivity index (χ2v) is 3.56. The van der Waals surface area contributed by atoms with Crippen LogP contribution in [0, 0.1) is 10.1 Å². The highest BCUT2D eigenvalue weighted by Gasteiger charge is 2.15. The summed E-state index contributed by atoms with van der Waals surface area (Å²) < 4.78 is 1.54. The Morgan fingerprint density at radius 2 is 2.40 bits per heavy atom. The first-order valence-electron chi connectivity index (χ1n) is 4.95. The lowest BCUT2D eigenvalue weighted by Gasteiger charge is -2.09. The molecule has 0 spiro atoms. The van der Waals surface area contributed by atoms with Gasteiger partial charge in [0, 0.05) is 12.6 Å². The van der Waals surface area contributed by atoms with Crippen LogP contribution >= 0.6 is 0 Å². The molecule has 1 atom stereocenters. The highest BCUT2D eigenvalue weighted by Crippen LogP contribution is 2.10. The normalized spacial score (nSPS) is 12.7. The third kappa shape index (κ3) is 3.02. The molecule has 1 N–H and O–H groups in total. The minimum Gasteiger partial charge on any atom is -0.358 e. The zero-order chi connectivity index (χ0) is 11.4. The van der Waals surface area contributed by atoms with Gasteiger partial charge in [0.2, 0.25) is 0 Å². The second-order valence-electron chi connectivity index (χ2n) is 3.56. The van der Waals surface area contributed by atoms with Gasteiger partial charge in [-0.15, -0.1) is 0 Å². The summed E-state index contributed by atoms with van der Waals surface area (Å²) in [6.45, 7) is 4.76. The van der Waals surface area contributed by atoms with Crippen LogP contribution in [0.15, 0.2) is 6.07 Å². The fraction of sp³-hybridized carbons (Fsp3) is 0.667. The molecule has 0 saturated heterocycles. The number of hydrogen-bond donors (Lipinski definition) is 1. The Kier molecular flexibility index (Phi) is 3.79. The van der Waals surface area contributed by atoms with E-state index in [1.807, 2.05) is 0 Å². The molecule has 0 aliphatic carbocycles. The van der Waals surface area contributed by atoms with Gasteiger partial charge in [-0.2, -0.15) is 4.68 Å². The summed E-state index contributed by atoms with van der Waals surface area (Å²) in [5.41, 5.74) is 0.821. The van der Waals surface area contributed by atoms with Crippen LogP contribution in [0.25, 0.3) is 0 Å². The van der Waals surface area contributed by atoms with Crippen molar-refractivity contribution in [2.24, 2.45) is 7.05 Å². The molecule has 6 heteroatoms. The Labute approximate surface area is 88.4 Å². The molecule has 0 fully saturated rings.